The summed E-state index contributed by atoms with van der Waals surface area (Å²) in [5.41, 5.74) is 0.874. The van der Waals surface area contributed by atoms with Gasteiger partial charge in [0.05, 0.1) is 11.6 Å². The highest BCUT2D eigenvalue weighted by molar-refractivity contribution is 5.85. The van der Waals surface area contributed by atoms with Crippen LogP contribution in [-0.4, -0.2) is 59.9 Å². The highest BCUT2D eigenvalue weighted by Crippen LogP contribution is 2.36. The Hall–Kier alpha value is -1.89. The van der Waals surface area contributed by atoms with E-state index >= 15 is 0 Å². The van der Waals surface area contributed by atoms with E-state index in [9.17, 15) is 9.59 Å². The Kier molecular flexibility index (Phi) is 6.19. The second-order valence-corrected chi connectivity index (χ2v) is 7.67. The normalized spacial score (nSPS) is 25.1. The zero-order valence-electron chi connectivity index (χ0n) is 15.8. The van der Waals surface area contributed by atoms with Crippen molar-refractivity contribution in [1.29, 1.82) is 0 Å². The quantitative estimate of drug-likeness (QED) is 0.840. The summed E-state index contributed by atoms with van der Waals surface area (Å²) >= 11 is 0. The van der Waals surface area contributed by atoms with Gasteiger partial charge in [-0.1, -0.05) is 6.42 Å². The summed E-state index contributed by atoms with van der Waals surface area (Å²) in [5.74, 6) is 0.791. The molecule has 1 aliphatic carbocycles. The van der Waals surface area contributed by atoms with Crippen LogP contribution >= 0.6 is 12.4 Å². The lowest BCUT2D eigenvalue weighted by molar-refractivity contribution is -0.137. The van der Waals surface area contributed by atoms with Gasteiger partial charge in [0.1, 0.15) is 0 Å². The van der Waals surface area contributed by atoms with Gasteiger partial charge < -0.3 is 15.1 Å². The molecule has 1 saturated carbocycles. The highest BCUT2D eigenvalue weighted by atomic mass is 35.5. The van der Waals surface area contributed by atoms with Crippen LogP contribution in [0.15, 0.2) is 12.3 Å². The van der Waals surface area contributed by atoms with E-state index in [4.69, 9.17) is 4.98 Å². The summed E-state index contributed by atoms with van der Waals surface area (Å²) in [7, 11) is 1.66. The van der Waals surface area contributed by atoms with Gasteiger partial charge in [-0.05, 0) is 31.7 Å². The highest BCUT2D eigenvalue weighted by Gasteiger charge is 2.43. The Morgan fingerprint density at radius 2 is 1.89 bits per heavy atom. The zero-order valence-corrected chi connectivity index (χ0v) is 16.6. The molecule has 7 nitrogen and oxygen atoms in total. The van der Waals surface area contributed by atoms with E-state index in [0.717, 1.165) is 44.0 Å². The first-order valence-corrected chi connectivity index (χ1v) is 9.75. The number of amides is 2. The minimum absolute atomic E-state index is 0. The SMILES string of the molecule is CNC(=O)[C@@H]1CN(C(=O)C2CCC2)C[C@H]1c1ccnc(N2CCCC2)n1.Cl. The summed E-state index contributed by atoms with van der Waals surface area (Å²) in [6.45, 7) is 3.03. The van der Waals surface area contributed by atoms with Crippen LogP contribution in [0.4, 0.5) is 5.95 Å². The second-order valence-electron chi connectivity index (χ2n) is 7.67. The first-order chi connectivity index (χ1) is 12.7. The number of halogens is 1. The van der Waals surface area contributed by atoms with Crippen LogP contribution in [0.2, 0.25) is 0 Å². The third-order valence-electron chi connectivity index (χ3n) is 6.10. The fourth-order valence-corrected chi connectivity index (χ4v) is 4.29. The molecule has 2 saturated heterocycles. The van der Waals surface area contributed by atoms with E-state index in [1.807, 2.05) is 11.0 Å². The average Bonchev–Trinajstić information content (AvgIpc) is 3.29. The lowest BCUT2D eigenvalue weighted by Crippen LogP contribution is -2.38. The number of carbonyl (C=O) groups is 2. The van der Waals surface area contributed by atoms with Gasteiger partial charge in [0.25, 0.3) is 0 Å². The standard InChI is InChI=1S/C19H27N5O2.ClH/c1-20-17(25)15-12-24(18(26)13-5-4-6-13)11-14(15)16-7-8-21-19(22-16)23-9-2-3-10-23;/h7-8,13-15H,2-6,9-12H2,1H3,(H,20,25);1H/t14-,15-;/m1./s1. The summed E-state index contributed by atoms with van der Waals surface area (Å²) in [6.07, 6.45) is 7.22. The van der Waals surface area contributed by atoms with Crippen molar-refractivity contribution in [3.05, 3.63) is 18.0 Å². The van der Waals surface area contributed by atoms with Crippen LogP contribution in [0.1, 0.15) is 43.7 Å². The number of hydrogen-bond acceptors (Lipinski definition) is 5. The molecular formula is C19H28ClN5O2. The maximum Gasteiger partial charge on any atom is 0.225 e. The Balaban J connectivity index is 0.00000210. The van der Waals surface area contributed by atoms with Gasteiger partial charge in [0, 0.05) is 51.3 Å². The van der Waals surface area contributed by atoms with E-state index < -0.39 is 0 Å². The molecule has 0 spiro atoms. The molecular weight excluding hydrogens is 366 g/mol. The molecule has 0 aromatic carbocycles. The first kappa shape index (κ1) is 19.9. The van der Waals surface area contributed by atoms with Crippen molar-refractivity contribution in [1.82, 2.24) is 20.2 Å². The summed E-state index contributed by atoms with van der Waals surface area (Å²) < 4.78 is 0. The number of likely N-dealkylation sites (tertiary alicyclic amines) is 1. The predicted octanol–water partition coefficient (Wildman–Crippen LogP) is 1.59. The largest absolute Gasteiger partial charge is 0.359 e. The van der Waals surface area contributed by atoms with Crippen molar-refractivity contribution in [2.75, 3.05) is 38.1 Å². The summed E-state index contributed by atoms with van der Waals surface area (Å²) in [5, 5.41) is 2.76. The van der Waals surface area contributed by atoms with E-state index in [2.05, 4.69) is 15.2 Å². The van der Waals surface area contributed by atoms with Crippen molar-refractivity contribution in [2.45, 2.75) is 38.0 Å². The molecule has 4 rings (SSSR count). The zero-order chi connectivity index (χ0) is 18.1. The van der Waals surface area contributed by atoms with Gasteiger partial charge in [-0.3, -0.25) is 9.59 Å². The number of anilines is 1. The molecule has 2 atom stereocenters. The smallest absolute Gasteiger partial charge is 0.225 e. The molecule has 0 radical (unpaired) electrons. The van der Waals surface area contributed by atoms with Crippen LogP contribution in [0.25, 0.3) is 0 Å². The Labute approximate surface area is 166 Å². The molecule has 0 bridgehead atoms. The van der Waals surface area contributed by atoms with Gasteiger partial charge in [-0.25, -0.2) is 9.97 Å². The minimum atomic E-state index is -0.245. The van der Waals surface area contributed by atoms with Crippen LogP contribution in [-0.2, 0) is 9.59 Å². The third kappa shape index (κ3) is 3.88. The maximum atomic E-state index is 12.7. The van der Waals surface area contributed by atoms with E-state index in [0.29, 0.717) is 13.1 Å². The Morgan fingerprint density at radius 1 is 1.15 bits per heavy atom. The van der Waals surface area contributed by atoms with Crippen LogP contribution in [0, 0.1) is 11.8 Å². The molecule has 8 heteroatoms. The number of rotatable bonds is 4. The molecule has 2 amide bonds. The third-order valence-corrected chi connectivity index (χ3v) is 6.10. The van der Waals surface area contributed by atoms with Crippen molar-refractivity contribution in [2.24, 2.45) is 11.8 Å². The Morgan fingerprint density at radius 3 is 2.52 bits per heavy atom. The monoisotopic (exact) mass is 393 g/mol. The lowest BCUT2D eigenvalue weighted by Gasteiger charge is -2.29. The Bertz CT molecular complexity index is 690. The topological polar surface area (TPSA) is 78.4 Å². The van der Waals surface area contributed by atoms with E-state index in [1.54, 1.807) is 13.2 Å². The molecule has 2 aliphatic heterocycles. The van der Waals surface area contributed by atoms with Gasteiger partial charge >= 0.3 is 0 Å². The lowest BCUT2D eigenvalue weighted by atomic mass is 9.84. The molecule has 0 unspecified atom stereocenters. The minimum Gasteiger partial charge on any atom is -0.359 e. The van der Waals surface area contributed by atoms with E-state index in [-0.39, 0.29) is 42.0 Å². The number of nitrogens with one attached hydrogen (secondary N) is 1. The predicted molar refractivity (Wildman–Crippen MR) is 105 cm³/mol. The summed E-state index contributed by atoms with van der Waals surface area (Å²) in [4.78, 5) is 38.4. The van der Waals surface area contributed by atoms with Gasteiger partial charge in [-0.15, -0.1) is 12.4 Å². The fraction of sp³-hybridized carbons (Fsp3) is 0.684. The van der Waals surface area contributed by atoms with Crippen molar-refractivity contribution in [3.63, 3.8) is 0 Å². The van der Waals surface area contributed by atoms with Gasteiger partial charge in [-0.2, -0.15) is 0 Å². The summed E-state index contributed by atoms with van der Waals surface area (Å²) in [6, 6.07) is 1.90. The molecule has 27 heavy (non-hydrogen) atoms. The van der Waals surface area contributed by atoms with Crippen molar-refractivity contribution < 1.29 is 9.59 Å². The maximum absolute atomic E-state index is 12.7. The van der Waals surface area contributed by atoms with Crippen LogP contribution in [0.5, 0.6) is 0 Å². The number of nitrogens with zero attached hydrogens (tertiary/aromatic N) is 4. The van der Waals surface area contributed by atoms with Crippen molar-refractivity contribution >= 4 is 30.2 Å². The van der Waals surface area contributed by atoms with E-state index in [1.165, 1.54) is 12.8 Å². The number of carbonyl (C=O) groups excluding carboxylic acids is 2. The molecule has 3 heterocycles. The molecule has 148 valence electrons. The van der Waals surface area contributed by atoms with Gasteiger partial charge in [0.15, 0.2) is 0 Å². The second kappa shape index (κ2) is 8.42. The fourth-order valence-electron chi connectivity index (χ4n) is 4.29. The molecule has 3 fully saturated rings. The molecule has 1 aromatic heterocycles. The number of aromatic nitrogens is 2. The molecule has 1 N–H and O–H groups in total. The number of hydrogen-bond donors (Lipinski definition) is 1. The van der Waals surface area contributed by atoms with Crippen LogP contribution < -0.4 is 10.2 Å². The van der Waals surface area contributed by atoms with Gasteiger partial charge in [0.2, 0.25) is 17.8 Å². The van der Waals surface area contributed by atoms with Crippen LogP contribution in [0.3, 0.4) is 0 Å². The average molecular weight is 394 g/mol. The molecule has 1 aromatic rings. The first-order valence-electron chi connectivity index (χ1n) is 9.75. The molecule has 3 aliphatic rings. The van der Waals surface area contributed by atoms with Crippen molar-refractivity contribution in [3.8, 4) is 0 Å².